The maximum atomic E-state index is 4.54. The van der Waals surface area contributed by atoms with Crippen LogP contribution in [0, 0.1) is 11.8 Å². The lowest BCUT2D eigenvalue weighted by molar-refractivity contribution is 0.260. The van der Waals surface area contributed by atoms with E-state index in [1.54, 1.807) is 4.52 Å². The van der Waals surface area contributed by atoms with Crippen LogP contribution in [0.2, 0.25) is 0 Å². The van der Waals surface area contributed by atoms with Crippen LogP contribution in [0.3, 0.4) is 0 Å². The highest BCUT2D eigenvalue weighted by atomic mass is 79.9. The van der Waals surface area contributed by atoms with Crippen molar-refractivity contribution in [1.29, 1.82) is 0 Å². The van der Waals surface area contributed by atoms with Gasteiger partial charge in [-0.1, -0.05) is 13.8 Å². The topological polar surface area (TPSA) is 42.2 Å². The molecule has 0 amide bonds. The van der Waals surface area contributed by atoms with Crippen molar-refractivity contribution < 1.29 is 0 Å². The summed E-state index contributed by atoms with van der Waals surface area (Å²) < 4.78 is 2.78. The Morgan fingerprint density at radius 2 is 2.16 bits per heavy atom. The fraction of sp³-hybridized carbons (Fsp3) is 0.571. The van der Waals surface area contributed by atoms with E-state index in [9.17, 15) is 0 Å². The summed E-state index contributed by atoms with van der Waals surface area (Å²) in [7, 11) is 0. The monoisotopic (exact) mass is 322 g/mol. The molecule has 1 saturated carbocycles. The summed E-state index contributed by atoms with van der Waals surface area (Å²) in [6.45, 7) is 4.69. The number of anilines is 1. The molecule has 19 heavy (non-hydrogen) atoms. The second-order valence-corrected chi connectivity index (χ2v) is 6.52. The van der Waals surface area contributed by atoms with Crippen LogP contribution in [-0.2, 0) is 0 Å². The SMILES string of the molecule is CC1CCC(Nc2nc3c(Br)cccn3n2)CC1C. The fourth-order valence-corrected chi connectivity index (χ4v) is 3.22. The lowest BCUT2D eigenvalue weighted by Crippen LogP contribution is -2.30. The summed E-state index contributed by atoms with van der Waals surface area (Å²) in [4.78, 5) is 4.54. The molecule has 0 bridgehead atoms. The van der Waals surface area contributed by atoms with E-state index in [1.807, 2.05) is 18.3 Å². The first-order valence-electron chi connectivity index (χ1n) is 6.91. The molecular weight excluding hydrogens is 304 g/mol. The third kappa shape index (κ3) is 2.61. The standard InChI is InChI=1S/C14H19BrN4/c1-9-5-6-11(8-10(9)2)16-14-17-13-12(15)4-3-7-19(13)18-14/h3-4,7,9-11H,5-6,8H2,1-2H3,(H,16,18). The average molecular weight is 323 g/mol. The molecule has 1 aliphatic carbocycles. The largest absolute Gasteiger partial charge is 0.350 e. The normalized spacial score (nSPS) is 27.6. The lowest BCUT2D eigenvalue weighted by atomic mass is 9.79. The Hall–Kier alpha value is -1.10. The number of aromatic nitrogens is 3. The molecule has 1 aliphatic rings. The molecule has 3 rings (SSSR count). The second kappa shape index (κ2) is 5.12. The Bertz CT molecular complexity index is 580. The smallest absolute Gasteiger partial charge is 0.243 e. The summed E-state index contributed by atoms with van der Waals surface area (Å²) in [5.74, 6) is 2.34. The second-order valence-electron chi connectivity index (χ2n) is 5.67. The van der Waals surface area contributed by atoms with Gasteiger partial charge in [-0.3, -0.25) is 0 Å². The van der Waals surface area contributed by atoms with Crippen LogP contribution >= 0.6 is 15.9 Å². The van der Waals surface area contributed by atoms with Crippen LogP contribution in [0.5, 0.6) is 0 Å². The molecule has 0 saturated heterocycles. The van der Waals surface area contributed by atoms with Crippen molar-refractivity contribution in [3.63, 3.8) is 0 Å². The van der Waals surface area contributed by atoms with Gasteiger partial charge in [0.05, 0.1) is 4.47 Å². The summed E-state index contributed by atoms with van der Waals surface area (Å²) >= 11 is 3.50. The van der Waals surface area contributed by atoms with Gasteiger partial charge in [-0.05, 0) is 59.2 Å². The van der Waals surface area contributed by atoms with E-state index < -0.39 is 0 Å². The molecule has 0 aliphatic heterocycles. The third-order valence-corrected chi connectivity index (χ3v) is 4.87. The average Bonchev–Trinajstić information content (AvgIpc) is 2.78. The Labute approximate surface area is 121 Å². The van der Waals surface area contributed by atoms with Crippen molar-refractivity contribution in [1.82, 2.24) is 14.6 Å². The van der Waals surface area contributed by atoms with Gasteiger partial charge in [0.1, 0.15) is 0 Å². The number of rotatable bonds is 2. The summed E-state index contributed by atoms with van der Waals surface area (Å²) in [5.41, 5.74) is 0.863. The minimum absolute atomic E-state index is 0.502. The van der Waals surface area contributed by atoms with Crippen LogP contribution in [0.1, 0.15) is 33.1 Å². The van der Waals surface area contributed by atoms with Crippen LogP contribution < -0.4 is 5.32 Å². The molecule has 102 valence electrons. The van der Waals surface area contributed by atoms with Crippen molar-refractivity contribution in [3.05, 3.63) is 22.8 Å². The zero-order valence-electron chi connectivity index (χ0n) is 11.3. The van der Waals surface area contributed by atoms with Gasteiger partial charge >= 0.3 is 0 Å². The number of halogens is 1. The van der Waals surface area contributed by atoms with E-state index in [0.29, 0.717) is 6.04 Å². The first-order chi connectivity index (χ1) is 9.13. The highest BCUT2D eigenvalue weighted by Gasteiger charge is 2.25. The van der Waals surface area contributed by atoms with Gasteiger partial charge < -0.3 is 5.32 Å². The predicted octanol–water partition coefficient (Wildman–Crippen LogP) is 3.73. The number of pyridine rings is 1. The van der Waals surface area contributed by atoms with Crippen molar-refractivity contribution in [3.8, 4) is 0 Å². The fourth-order valence-electron chi connectivity index (χ4n) is 2.80. The van der Waals surface area contributed by atoms with Crippen LogP contribution in [0.15, 0.2) is 22.8 Å². The van der Waals surface area contributed by atoms with Gasteiger partial charge in [0.2, 0.25) is 5.95 Å². The maximum Gasteiger partial charge on any atom is 0.243 e. The zero-order valence-corrected chi connectivity index (χ0v) is 12.9. The first kappa shape index (κ1) is 12.9. The first-order valence-corrected chi connectivity index (χ1v) is 7.70. The summed E-state index contributed by atoms with van der Waals surface area (Å²) in [6.07, 6.45) is 5.62. The molecular formula is C14H19BrN4. The molecule has 1 N–H and O–H groups in total. The van der Waals surface area contributed by atoms with Crippen molar-refractivity contribution in [2.45, 2.75) is 39.2 Å². The molecule has 2 aromatic rings. The maximum absolute atomic E-state index is 4.54. The zero-order chi connectivity index (χ0) is 13.4. The lowest BCUT2D eigenvalue weighted by Gasteiger charge is -2.32. The van der Waals surface area contributed by atoms with E-state index in [1.165, 1.54) is 19.3 Å². The number of hydrogen-bond donors (Lipinski definition) is 1. The molecule has 4 nitrogen and oxygen atoms in total. The van der Waals surface area contributed by atoms with Gasteiger partial charge in [-0.15, -0.1) is 5.10 Å². The minimum atomic E-state index is 0.502. The van der Waals surface area contributed by atoms with Gasteiger partial charge in [-0.2, -0.15) is 4.98 Å². The molecule has 2 aromatic heterocycles. The van der Waals surface area contributed by atoms with Gasteiger partial charge in [0, 0.05) is 12.2 Å². The van der Waals surface area contributed by atoms with Crippen LogP contribution in [-0.4, -0.2) is 20.6 Å². The molecule has 0 aromatic carbocycles. The Morgan fingerprint density at radius 1 is 1.32 bits per heavy atom. The number of nitrogens with zero attached hydrogens (tertiary/aromatic N) is 3. The summed E-state index contributed by atoms with van der Waals surface area (Å²) in [5, 5.41) is 7.96. The van der Waals surface area contributed by atoms with Crippen LogP contribution in [0.4, 0.5) is 5.95 Å². The van der Waals surface area contributed by atoms with E-state index >= 15 is 0 Å². The summed E-state index contributed by atoms with van der Waals surface area (Å²) in [6, 6.07) is 4.44. The van der Waals surface area contributed by atoms with Crippen molar-refractivity contribution in [2.24, 2.45) is 11.8 Å². The quantitative estimate of drug-likeness (QED) is 0.916. The number of hydrogen-bond acceptors (Lipinski definition) is 3. The molecule has 3 atom stereocenters. The number of fused-ring (bicyclic) bond motifs is 1. The van der Waals surface area contributed by atoms with Crippen molar-refractivity contribution in [2.75, 3.05) is 5.32 Å². The van der Waals surface area contributed by atoms with E-state index in [2.05, 4.69) is 45.2 Å². The van der Waals surface area contributed by atoms with E-state index in [-0.39, 0.29) is 0 Å². The van der Waals surface area contributed by atoms with E-state index in [4.69, 9.17) is 0 Å². The van der Waals surface area contributed by atoms with Crippen LogP contribution in [0.25, 0.3) is 5.65 Å². The molecule has 3 unspecified atom stereocenters. The Balaban J connectivity index is 1.77. The van der Waals surface area contributed by atoms with Gasteiger partial charge in [0.25, 0.3) is 0 Å². The molecule has 2 heterocycles. The molecule has 0 spiro atoms. The Kier molecular flexibility index (Phi) is 3.48. The molecule has 1 fully saturated rings. The van der Waals surface area contributed by atoms with Crippen molar-refractivity contribution >= 4 is 27.5 Å². The van der Waals surface area contributed by atoms with E-state index in [0.717, 1.165) is 27.9 Å². The minimum Gasteiger partial charge on any atom is -0.350 e. The van der Waals surface area contributed by atoms with Gasteiger partial charge in [-0.25, -0.2) is 4.52 Å². The predicted molar refractivity (Wildman–Crippen MR) is 80.3 cm³/mol. The Morgan fingerprint density at radius 3 is 2.89 bits per heavy atom. The number of nitrogens with one attached hydrogen (secondary N) is 1. The highest BCUT2D eigenvalue weighted by molar-refractivity contribution is 9.10. The third-order valence-electron chi connectivity index (χ3n) is 4.25. The highest BCUT2D eigenvalue weighted by Crippen LogP contribution is 2.30. The molecule has 5 heteroatoms. The molecule has 0 radical (unpaired) electrons. The van der Waals surface area contributed by atoms with Gasteiger partial charge in [0.15, 0.2) is 5.65 Å².